The van der Waals surface area contributed by atoms with Crippen LogP contribution in [0.15, 0.2) is 64.6 Å². The van der Waals surface area contributed by atoms with Crippen LogP contribution in [0.25, 0.3) is 27.6 Å². The van der Waals surface area contributed by atoms with Crippen molar-refractivity contribution in [3.8, 4) is 5.82 Å². The zero-order valence-corrected chi connectivity index (χ0v) is 15.3. The third kappa shape index (κ3) is 3.14. The summed E-state index contributed by atoms with van der Waals surface area (Å²) >= 11 is 0. The first-order valence-corrected chi connectivity index (χ1v) is 9.01. The molecule has 0 radical (unpaired) electrons. The van der Waals surface area contributed by atoms with Gasteiger partial charge in [-0.25, -0.2) is 9.97 Å². The fourth-order valence-electron chi connectivity index (χ4n) is 3.11. The lowest BCUT2D eigenvalue weighted by Crippen LogP contribution is -2.22. The maximum absolute atomic E-state index is 13.0. The fourth-order valence-corrected chi connectivity index (χ4v) is 3.11. The number of aromatic nitrogens is 4. The van der Waals surface area contributed by atoms with Crippen LogP contribution >= 0.6 is 0 Å². The lowest BCUT2D eigenvalue weighted by atomic mass is 10.1. The lowest BCUT2D eigenvalue weighted by Gasteiger charge is -2.10. The average Bonchev–Trinajstić information content (AvgIpc) is 2.67. The minimum absolute atomic E-state index is 0.116. The molecule has 4 rings (SSSR count). The van der Waals surface area contributed by atoms with Crippen LogP contribution in [0.4, 0.5) is 0 Å². The summed E-state index contributed by atoms with van der Waals surface area (Å²) in [6.45, 7) is 4.90. The summed E-state index contributed by atoms with van der Waals surface area (Å²) in [5, 5.41) is 0.874. The molecular formula is C21H20N4O2. The SMILES string of the molecule is CC(C)CCn1ccc2nc3ccn(-c4ccccn4)c(=O)c3cc2c1=O. The van der Waals surface area contributed by atoms with Gasteiger partial charge in [0, 0.05) is 25.1 Å². The largest absolute Gasteiger partial charge is 0.315 e. The van der Waals surface area contributed by atoms with Crippen molar-refractivity contribution in [2.24, 2.45) is 5.92 Å². The second kappa shape index (κ2) is 6.79. The number of nitrogens with zero attached hydrogens (tertiary/aromatic N) is 4. The van der Waals surface area contributed by atoms with Gasteiger partial charge in [-0.3, -0.25) is 14.2 Å². The van der Waals surface area contributed by atoms with Crippen molar-refractivity contribution in [3.63, 3.8) is 0 Å². The molecule has 27 heavy (non-hydrogen) atoms. The number of hydrogen-bond donors (Lipinski definition) is 0. The third-order valence-electron chi connectivity index (χ3n) is 4.66. The van der Waals surface area contributed by atoms with Crippen LogP contribution in [0.2, 0.25) is 0 Å². The molecule has 0 saturated carbocycles. The van der Waals surface area contributed by atoms with E-state index in [9.17, 15) is 9.59 Å². The number of rotatable bonds is 4. The normalized spacial score (nSPS) is 11.5. The van der Waals surface area contributed by atoms with Crippen molar-refractivity contribution >= 4 is 21.8 Å². The first-order valence-electron chi connectivity index (χ1n) is 9.01. The molecular weight excluding hydrogens is 340 g/mol. The van der Waals surface area contributed by atoms with Gasteiger partial charge >= 0.3 is 0 Å². The zero-order valence-electron chi connectivity index (χ0n) is 15.3. The second-order valence-corrected chi connectivity index (χ2v) is 7.03. The molecule has 136 valence electrons. The summed E-state index contributed by atoms with van der Waals surface area (Å²) < 4.78 is 3.16. The summed E-state index contributed by atoms with van der Waals surface area (Å²) in [6.07, 6.45) is 5.99. The molecule has 0 aliphatic heterocycles. The van der Waals surface area contributed by atoms with Gasteiger partial charge in [0.25, 0.3) is 11.1 Å². The molecule has 0 saturated heterocycles. The Hall–Kier alpha value is -3.28. The second-order valence-electron chi connectivity index (χ2n) is 7.03. The molecule has 6 nitrogen and oxygen atoms in total. The minimum atomic E-state index is -0.238. The van der Waals surface area contributed by atoms with Gasteiger partial charge in [0.15, 0.2) is 0 Å². The van der Waals surface area contributed by atoms with Crippen molar-refractivity contribution in [3.05, 3.63) is 75.7 Å². The number of hydrogen-bond acceptors (Lipinski definition) is 4. The van der Waals surface area contributed by atoms with Crippen LogP contribution in [0.1, 0.15) is 20.3 Å². The highest BCUT2D eigenvalue weighted by Crippen LogP contribution is 2.15. The van der Waals surface area contributed by atoms with Gasteiger partial charge in [0.1, 0.15) is 5.82 Å². The van der Waals surface area contributed by atoms with Gasteiger partial charge in [-0.05, 0) is 42.7 Å². The average molecular weight is 360 g/mol. The summed E-state index contributed by atoms with van der Waals surface area (Å²) in [6, 6.07) is 10.7. The van der Waals surface area contributed by atoms with Crippen LogP contribution in [0, 0.1) is 5.92 Å². The van der Waals surface area contributed by atoms with E-state index in [0.29, 0.717) is 40.1 Å². The van der Waals surface area contributed by atoms with Gasteiger partial charge in [-0.2, -0.15) is 0 Å². The Balaban J connectivity index is 1.92. The van der Waals surface area contributed by atoms with E-state index in [1.807, 2.05) is 12.1 Å². The Morgan fingerprint density at radius 2 is 1.70 bits per heavy atom. The number of aryl methyl sites for hydroxylation is 1. The smallest absolute Gasteiger partial charge is 0.265 e. The Labute approximate surface area is 155 Å². The molecule has 0 bridgehead atoms. The van der Waals surface area contributed by atoms with Gasteiger partial charge in [0.05, 0.1) is 21.8 Å². The molecule has 0 amide bonds. The summed E-state index contributed by atoms with van der Waals surface area (Å²) in [4.78, 5) is 34.6. The molecule has 6 heteroatoms. The van der Waals surface area contributed by atoms with Crippen molar-refractivity contribution in [1.82, 2.24) is 19.1 Å². The Morgan fingerprint density at radius 1 is 0.963 bits per heavy atom. The molecule has 0 aliphatic rings. The van der Waals surface area contributed by atoms with E-state index >= 15 is 0 Å². The molecule has 0 aliphatic carbocycles. The van der Waals surface area contributed by atoms with E-state index in [2.05, 4.69) is 23.8 Å². The van der Waals surface area contributed by atoms with Crippen LogP contribution in [-0.2, 0) is 6.54 Å². The zero-order chi connectivity index (χ0) is 19.0. The highest BCUT2D eigenvalue weighted by Gasteiger charge is 2.11. The van der Waals surface area contributed by atoms with Crippen LogP contribution in [-0.4, -0.2) is 19.1 Å². The molecule has 0 atom stereocenters. The van der Waals surface area contributed by atoms with Crippen LogP contribution in [0.5, 0.6) is 0 Å². The third-order valence-corrected chi connectivity index (χ3v) is 4.66. The predicted molar refractivity (Wildman–Crippen MR) is 106 cm³/mol. The van der Waals surface area contributed by atoms with E-state index in [1.165, 1.54) is 4.57 Å². The molecule has 0 spiro atoms. The highest BCUT2D eigenvalue weighted by molar-refractivity contribution is 5.91. The van der Waals surface area contributed by atoms with Crippen LogP contribution in [0.3, 0.4) is 0 Å². The Morgan fingerprint density at radius 3 is 2.41 bits per heavy atom. The van der Waals surface area contributed by atoms with E-state index in [1.54, 1.807) is 47.4 Å². The topological polar surface area (TPSA) is 69.8 Å². The molecule has 4 aromatic heterocycles. The van der Waals surface area contributed by atoms with E-state index in [0.717, 1.165) is 6.42 Å². The summed E-state index contributed by atoms with van der Waals surface area (Å²) in [5.74, 6) is 1.04. The van der Waals surface area contributed by atoms with Crippen molar-refractivity contribution in [2.75, 3.05) is 0 Å². The van der Waals surface area contributed by atoms with Gasteiger partial charge in [0.2, 0.25) is 0 Å². The molecule has 0 fully saturated rings. The van der Waals surface area contributed by atoms with Gasteiger partial charge in [-0.1, -0.05) is 19.9 Å². The molecule has 0 unspecified atom stereocenters. The monoisotopic (exact) mass is 360 g/mol. The maximum Gasteiger partial charge on any atom is 0.265 e. The van der Waals surface area contributed by atoms with E-state index in [-0.39, 0.29) is 11.1 Å². The first-order chi connectivity index (χ1) is 13.0. The molecule has 4 aromatic rings. The fraction of sp³-hybridized carbons (Fsp3) is 0.238. The van der Waals surface area contributed by atoms with E-state index in [4.69, 9.17) is 0 Å². The summed E-state index contributed by atoms with van der Waals surface area (Å²) in [7, 11) is 0. The first kappa shape index (κ1) is 17.1. The van der Waals surface area contributed by atoms with Crippen molar-refractivity contribution in [1.29, 1.82) is 0 Å². The van der Waals surface area contributed by atoms with Crippen LogP contribution < -0.4 is 11.1 Å². The molecule has 0 aromatic carbocycles. The van der Waals surface area contributed by atoms with Crippen molar-refractivity contribution < 1.29 is 0 Å². The predicted octanol–water partition coefficient (Wildman–Crippen LogP) is 3.14. The molecule has 4 heterocycles. The Bertz CT molecular complexity index is 1240. The maximum atomic E-state index is 13.0. The van der Waals surface area contributed by atoms with Crippen molar-refractivity contribution in [2.45, 2.75) is 26.8 Å². The minimum Gasteiger partial charge on any atom is -0.315 e. The standard InChI is InChI=1S/C21H20N4O2/c1-14(2)6-10-24-11-7-17-15(20(24)26)13-16-18(23-17)8-12-25(21(16)27)19-5-3-4-9-22-19/h3-5,7-9,11-14H,6,10H2,1-2H3. The van der Waals surface area contributed by atoms with E-state index < -0.39 is 0 Å². The Kier molecular flexibility index (Phi) is 4.32. The van der Waals surface area contributed by atoms with Gasteiger partial charge in [-0.15, -0.1) is 0 Å². The number of pyridine rings is 4. The quantitative estimate of drug-likeness (QED) is 0.524. The highest BCUT2D eigenvalue weighted by atomic mass is 16.1. The summed E-state index contributed by atoms with van der Waals surface area (Å²) in [5.41, 5.74) is 0.815. The molecule has 0 N–H and O–H groups in total. The lowest BCUT2D eigenvalue weighted by molar-refractivity contribution is 0.509. The van der Waals surface area contributed by atoms with Gasteiger partial charge < -0.3 is 4.57 Å². The number of fused-ring (bicyclic) bond motifs is 2.